The number of hydrogen-bond acceptors (Lipinski definition) is 7. The van der Waals surface area contributed by atoms with Crippen LogP contribution >= 0.6 is 11.6 Å². The number of benzene rings is 2. The zero-order chi connectivity index (χ0) is 30.1. The maximum absolute atomic E-state index is 13.3. The zero-order valence-corrected chi connectivity index (χ0v) is 23.6. The van der Waals surface area contributed by atoms with Crippen molar-refractivity contribution < 1.29 is 29.0 Å². The molecule has 4 rings (SSSR count). The Labute approximate surface area is 247 Å². The standard InChI is InChI=1S/C29H31ClN6O6/c1-42-29(41)36-12-4-11-35(13-14-36)25-9-8-19(15-24(25)34-28(40)32-22-7-2-6-21(30)16-22)27(39)33-23(17-26(37)38)20-5-3-10-31-18-20/h2-3,5-10,15-16,18,23H,4,11-14,17H2,1H3,(H,33,39)(H,37,38)(H2,32,34,40). The molecule has 0 saturated carbocycles. The molecule has 1 aliphatic rings. The number of carbonyl (C=O) groups is 4. The third kappa shape index (κ3) is 8.10. The predicted octanol–water partition coefficient (Wildman–Crippen LogP) is 4.60. The van der Waals surface area contributed by atoms with E-state index in [9.17, 15) is 24.3 Å². The number of amides is 4. The number of hydrogen-bond donors (Lipinski definition) is 4. The molecule has 0 aliphatic carbocycles. The van der Waals surface area contributed by atoms with E-state index in [2.05, 4.69) is 20.9 Å². The molecule has 0 radical (unpaired) electrons. The molecule has 1 aromatic heterocycles. The molecule has 4 N–H and O–H groups in total. The van der Waals surface area contributed by atoms with Gasteiger partial charge in [0.2, 0.25) is 0 Å². The van der Waals surface area contributed by atoms with Crippen LogP contribution in [0.2, 0.25) is 5.02 Å². The van der Waals surface area contributed by atoms with Crippen LogP contribution in [-0.4, -0.2) is 72.3 Å². The number of carboxylic acids is 1. The number of nitrogens with zero attached hydrogens (tertiary/aromatic N) is 3. The van der Waals surface area contributed by atoms with Gasteiger partial charge in [-0.15, -0.1) is 0 Å². The predicted molar refractivity (Wildman–Crippen MR) is 158 cm³/mol. The number of aromatic nitrogens is 1. The summed E-state index contributed by atoms with van der Waals surface area (Å²) < 4.78 is 4.87. The van der Waals surface area contributed by atoms with Gasteiger partial charge in [0.15, 0.2) is 0 Å². The van der Waals surface area contributed by atoms with E-state index in [1.54, 1.807) is 59.6 Å². The summed E-state index contributed by atoms with van der Waals surface area (Å²) in [5, 5.41) is 18.2. The molecule has 12 nitrogen and oxygen atoms in total. The second kappa shape index (κ2) is 14.2. The van der Waals surface area contributed by atoms with E-state index in [1.165, 1.54) is 19.4 Å². The second-order valence-corrected chi connectivity index (χ2v) is 9.97. The topological polar surface area (TPSA) is 153 Å². The maximum atomic E-state index is 13.3. The Morgan fingerprint density at radius 2 is 1.86 bits per heavy atom. The monoisotopic (exact) mass is 594 g/mol. The highest BCUT2D eigenvalue weighted by atomic mass is 35.5. The number of rotatable bonds is 8. The minimum absolute atomic E-state index is 0.210. The van der Waals surface area contributed by atoms with Gasteiger partial charge in [0.1, 0.15) is 0 Å². The first-order valence-electron chi connectivity index (χ1n) is 13.2. The number of anilines is 3. The van der Waals surface area contributed by atoms with Crippen LogP contribution in [0.4, 0.5) is 26.7 Å². The quantitative estimate of drug-likeness (QED) is 0.295. The number of urea groups is 1. The summed E-state index contributed by atoms with van der Waals surface area (Å²) in [4.78, 5) is 57.6. The van der Waals surface area contributed by atoms with Crippen molar-refractivity contribution in [3.05, 3.63) is 83.1 Å². The lowest BCUT2D eigenvalue weighted by molar-refractivity contribution is -0.137. The van der Waals surface area contributed by atoms with Gasteiger partial charge in [-0.3, -0.25) is 14.6 Å². The fourth-order valence-corrected chi connectivity index (χ4v) is 4.81. The number of carbonyl (C=O) groups excluding carboxylic acids is 3. The van der Waals surface area contributed by atoms with Crippen LogP contribution in [0.1, 0.15) is 34.8 Å². The highest BCUT2D eigenvalue weighted by Gasteiger charge is 2.24. The number of carboxylic acid groups (broad SMARTS) is 1. The maximum Gasteiger partial charge on any atom is 0.409 e. The number of pyridine rings is 1. The summed E-state index contributed by atoms with van der Waals surface area (Å²) in [5.74, 6) is -1.61. The fraction of sp³-hybridized carbons (Fsp3) is 0.276. The van der Waals surface area contributed by atoms with Gasteiger partial charge in [-0.05, 0) is 54.4 Å². The van der Waals surface area contributed by atoms with E-state index < -0.39 is 30.0 Å². The van der Waals surface area contributed by atoms with Crippen molar-refractivity contribution in [3.8, 4) is 0 Å². The smallest absolute Gasteiger partial charge is 0.409 e. The highest BCUT2D eigenvalue weighted by molar-refractivity contribution is 6.30. The lowest BCUT2D eigenvalue weighted by Gasteiger charge is -2.26. The Morgan fingerprint density at radius 3 is 2.57 bits per heavy atom. The molecule has 4 amide bonds. The van der Waals surface area contributed by atoms with E-state index in [0.29, 0.717) is 60.2 Å². The van der Waals surface area contributed by atoms with Gasteiger partial charge in [0.25, 0.3) is 5.91 Å². The van der Waals surface area contributed by atoms with Crippen molar-refractivity contribution in [2.24, 2.45) is 0 Å². The molecule has 42 heavy (non-hydrogen) atoms. The fourth-order valence-electron chi connectivity index (χ4n) is 4.62. The van der Waals surface area contributed by atoms with E-state index in [4.69, 9.17) is 16.3 Å². The van der Waals surface area contributed by atoms with Crippen molar-refractivity contribution in [1.29, 1.82) is 0 Å². The van der Waals surface area contributed by atoms with Gasteiger partial charge < -0.3 is 35.6 Å². The second-order valence-electron chi connectivity index (χ2n) is 9.53. The first kappa shape index (κ1) is 30.1. The Morgan fingerprint density at radius 1 is 1.02 bits per heavy atom. The molecule has 13 heteroatoms. The summed E-state index contributed by atoms with van der Waals surface area (Å²) in [6, 6.07) is 13.5. The largest absolute Gasteiger partial charge is 0.481 e. The van der Waals surface area contributed by atoms with E-state index in [-0.39, 0.29) is 12.0 Å². The van der Waals surface area contributed by atoms with E-state index in [1.807, 2.05) is 4.90 Å². The highest BCUT2D eigenvalue weighted by Crippen LogP contribution is 2.29. The first-order valence-corrected chi connectivity index (χ1v) is 13.6. The molecule has 1 saturated heterocycles. The first-order chi connectivity index (χ1) is 20.2. The van der Waals surface area contributed by atoms with Crippen LogP contribution in [0.5, 0.6) is 0 Å². The van der Waals surface area contributed by atoms with Gasteiger partial charge in [0.05, 0.1) is 30.9 Å². The number of halogens is 1. The average molecular weight is 595 g/mol. The van der Waals surface area contributed by atoms with Crippen LogP contribution in [-0.2, 0) is 9.53 Å². The Bertz CT molecular complexity index is 1440. The van der Waals surface area contributed by atoms with Crippen LogP contribution in [0.25, 0.3) is 0 Å². The summed E-state index contributed by atoms with van der Waals surface area (Å²) >= 11 is 6.05. The van der Waals surface area contributed by atoms with Crippen LogP contribution < -0.4 is 20.9 Å². The molecule has 2 aromatic carbocycles. The minimum atomic E-state index is -1.08. The van der Waals surface area contributed by atoms with Gasteiger partial charge in [-0.25, -0.2) is 9.59 Å². The minimum Gasteiger partial charge on any atom is -0.481 e. The molecular weight excluding hydrogens is 564 g/mol. The molecule has 0 spiro atoms. The van der Waals surface area contributed by atoms with Crippen molar-refractivity contribution in [2.75, 3.05) is 48.8 Å². The molecule has 1 atom stereocenters. The Hall–Kier alpha value is -4.84. The SMILES string of the molecule is COC(=O)N1CCCN(c2ccc(C(=O)NC(CC(=O)O)c3cccnc3)cc2NC(=O)Nc2cccc(Cl)c2)CC1. The average Bonchev–Trinajstić information content (AvgIpc) is 3.23. The molecule has 2 heterocycles. The summed E-state index contributed by atoms with van der Waals surface area (Å²) in [5.41, 5.74) is 2.23. The number of methoxy groups -OCH3 is 1. The number of nitrogens with one attached hydrogen (secondary N) is 3. The van der Waals surface area contributed by atoms with Gasteiger partial charge >= 0.3 is 18.1 Å². The third-order valence-corrected chi connectivity index (χ3v) is 6.86. The summed E-state index contributed by atoms with van der Waals surface area (Å²) in [6.45, 7) is 1.98. The van der Waals surface area contributed by atoms with Gasteiger partial charge in [0, 0.05) is 54.8 Å². The molecular formula is C29H31ClN6O6. The normalized spacial score (nSPS) is 13.9. The lowest BCUT2D eigenvalue weighted by atomic mass is 10.0. The van der Waals surface area contributed by atoms with Crippen molar-refractivity contribution >= 4 is 52.7 Å². The van der Waals surface area contributed by atoms with Crippen molar-refractivity contribution in [3.63, 3.8) is 0 Å². The molecule has 1 aliphatic heterocycles. The van der Waals surface area contributed by atoms with Gasteiger partial charge in [-0.2, -0.15) is 0 Å². The Kier molecular flexibility index (Phi) is 10.2. The molecule has 220 valence electrons. The molecule has 1 fully saturated rings. The van der Waals surface area contributed by atoms with E-state index in [0.717, 1.165) is 0 Å². The summed E-state index contributed by atoms with van der Waals surface area (Å²) in [7, 11) is 1.34. The summed E-state index contributed by atoms with van der Waals surface area (Å²) in [6.07, 6.45) is 2.97. The van der Waals surface area contributed by atoms with Crippen LogP contribution in [0, 0.1) is 0 Å². The lowest BCUT2D eigenvalue weighted by Crippen LogP contribution is -2.35. The molecule has 3 aromatic rings. The number of aliphatic carboxylic acids is 1. The van der Waals surface area contributed by atoms with Crippen molar-refractivity contribution in [1.82, 2.24) is 15.2 Å². The zero-order valence-electron chi connectivity index (χ0n) is 22.9. The van der Waals surface area contributed by atoms with E-state index >= 15 is 0 Å². The molecule has 0 bridgehead atoms. The van der Waals surface area contributed by atoms with Gasteiger partial charge in [-0.1, -0.05) is 23.7 Å². The van der Waals surface area contributed by atoms with Crippen LogP contribution in [0.3, 0.4) is 0 Å². The third-order valence-electron chi connectivity index (χ3n) is 6.63. The van der Waals surface area contributed by atoms with Crippen LogP contribution in [0.15, 0.2) is 67.0 Å². The Balaban J connectivity index is 1.60. The van der Waals surface area contributed by atoms with Crippen molar-refractivity contribution in [2.45, 2.75) is 18.9 Å². The number of ether oxygens (including phenoxy) is 1. The molecule has 1 unspecified atom stereocenters.